The van der Waals surface area contributed by atoms with Gasteiger partial charge in [-0.2, -0.15) is 0 Å². The van der Waals surface area contributed by atoms with Gasteiger partial charge in [0.05, 0.1) is 0 Å². The lowest BCUT2D eigenvalue weighted by molar-refractivity contribution is 0.396. The second kappa shape index (κ2) is 13.0. The van der Waals surface area contributed by atoms with Gasteiger partial charge in [0.2, 0.25) is 0 Å². The molecule has 0 rings (SSSR count). The van der Waals surface area contributed by atoms with Gasteiger partial charge in [-0.25, -0.2) is 0 Å². The van der Waals surface area contributed by atoms with Gasteiger partial charge in [0.1, 0.15) is 0 Å². The van der Waals surface area contributed by atoms with Crippen molar-refractivity contribution in [1.29, 1.82) is 0 Å². The Bertz CT molecular complexity index is 123. The van der Waals surface area contributed by atoms with Crippen LogP contribution in [0, 0.1) is 5.92 Å². The van der Waals surface area contributed by atoms with Crippen molar-refractivity contribution >= 4 is 0 Å². The molecule has 1 atom stereocenters. The molecule has 0 radical (unpaired) electrons. The van der Waals surface area contributed by atoms with Crippen LogP contribution in [0.25, 0.3) is 0 Å². The Morgan fingerprint density at radius 3 is 1.88 bits per heavy atom. The molecule has 0 saturated carbocycles. The van der Waals surface area contributed by atoms with Gasteiger partial charge in [0.25, 0.3) is 0 Å². The minimum atomic E-state index is 0.870. The summed E-state index contributed by atoms with van der Waals surface area (Å²) in [5, 5.41) is 0. The molecule has 0 saturated heterocycles. The highest BCUT2D eigenvalue weighted by Crippen LogP contribution is 2.20. The van der Waals surface area contributed by atoms with Crippen LogP contribution in [0.3, 0.4) is 0 Å². The summed E-state index contributed by atoms with van der Waals surface area (Å²) in [5.74, 6) is 1.00. The first kappa shape index (κ1) is 16.0. The second-order valence-electron chi connectivity index (χ2n) is 5.12. The minimum absolute atomic E-state index is 0.870. The monoisotopic (exact) mass is 227 g/mol. The molecular formula is C15H33N. The summed E-state index contributed by atoms with van der Waals surface area (Å²) >= 11 is 0. The van der Waals surface area contributed by atoms with E-state index in [-0.39, 0.29) is 0 Å². The Morgan fingerprint density at radius 1 is 0.750 bits per heavy atom. The topological polar surface area (TPSA) is 26.0 Å². The van der Waals surface area contributed by atoms with E-state index in [0.29, 0.717) is 0 Å². The zero-order valence-electron chi connectivity index (χ0n) is 11.6. The fourth-order valence-corrected chi connectivity index (χ4v) is 2.34. The minimum Gasteiger partial charge on any atom is -0.330 e. The Balaban J connectivity index is 3.26. The molecule has 98 valence electrons. The molecule has 0 aromatic heterocycles. The Hall–Kier alpha value is -0.0400. The average Bonchev–Trinajstić information content (AvgIpc) is 2.31. The fraction of sp³-hybridized carbons (Fsp3) is 1.00. The molecule has 1 unspecified atom stereocenters. The first-order valence-electron chi connectivity index (χ1n) is 7.55. The van der Waals surface area contributed by atoms with Crippen molar-refractivity contribution in [3.05, 3.63) is 0 Å². The third-order valence-electron chi connectivity index (χ3n) is 3.61. The third-order valence-corrected chi connectivity index (χ3v) is 3.61. The van der Waals surface area contributed by atoms with E-state index in [4.69, 9.17) is 5.73 Å². The van der Waals surface area contributed by atoms with Crippen molar-refractivity contribution < 1.29 is 0 Å². The Morgan fingerprint density at radius 2 is 1.31 bits per heavy atom. The van der Waals surface area contributed by atoms with E-state index in [0.717, 1.165) is 12.5 Å². The number of nitrogens with two attached hydrogens (primary N) is 1. The summed E-state index contributed by atoms with van der Waals surface area (Å²) in [4.78, 5) is 0. The smallest absolute Gasteiger partial charge is 0.00773 e. The molecule has 0 amide bonds. The van der Waals surface area contributed by atoms with E-state index in [1.807, 2.05) is 0 Å². The normalized spacial score (nSPS) is 12.9. The van der Waals surface area contributed by atoms with Crippen LogP contribution in [-0.4, -0.2) is 6.54 Å². The van der Waals surface area contributed by atoms with Gasteiger partial charge in [-0.05, 0) is 18.9 Å². The molecule has 2 N–H and O–H groups in total. The van der Waals surface area contributed by atoms with Gasteiger partial charge in [0, 0.05) is 0 Å². The summed E-state index contributed by atoms with van der Waals surface area (Å²) < 4.78 is 0. The van der Waals surface area contributed by atoms with Gasteiger partial charge in [-0.3, -0.25) is 0 Å². The Labute approximate surface area is 103 Å². The number of rotatable bonds is 12. The van der Waals surface area contributed by atoms with Crippen LogP contribution in [0.15, 0.2) is 0 Å². The van der Waals surface area contributed by atoms with Gasteiger partial charge < -0.3 is 5.73 Å². The van der Waals surface area contributed by atoms with Gasteiger partial charge in [-0.15, -0.1) is 0 Å². The van der Waals surface area contributed by atoms with Gasteiger partial charge in [0.15, 0.2) is 0 Å². The van der Waals surface area contributed by atoms with Crippen LogP contribution in [-0.2, 0) is 0 Å². The average molecular weight is 227 g/mol. The van der Waals surface area contributed by atoms with Crippen LogP contribution in [0.5, 0.6) is 0 Å². The molecule has 1 heteroatoms. The number of hydrogen-bond donors (Lipinski definition) is 1. The highest BCUT2D eigenvalue weighted by atomic mass is 14.5. The maximum Gasteiger partial charge on any atom is -0.00773 e. The summed E-state index contributed by atoms with van der Waals surface area (Å²) in [7, 11) is 0. The first-order chi connectivity index (χ1) is 7.85. The zero-order chi connectivity index (χ0) is 12.1. The lowest BCUT2D eigenvalue weighted by Crippen LogP contribution is -2.00. The predicted molar refractivity (Wildman–Crippen MR) is 74.7 cm³/mol. The van der Waals surface area contributed by atoms with Gasteiger partial charge in [-0.1, -0.05) is 78.1 Å². The molecule has 0 heterocycles. The SMILES string of the molecule is CCCCCC(CC)CCCCCCCN. The van der Waals surface area contributed by atoms with Crippen molar-refractivity contribution in [2.45, 2.75) is 84.5 Å². The largest absolute Gasteiger partial charge is 0.330 e. The van der Waals surface area contributed by atoms with Crippen LogP contribution >= 0.6 is 0 Å². The van der Waals surface area contributed by atoms with Crippen LogP contribution < -0.4 is 5.73 Å². The molecule has 0 fully saturated rings. The molecule has 0 bridgehead atoms. The number of unbranched alkanes of at least 4 members (excludes halogenated alkanes) is 6. The van der Waals surface area contributed by atoms with E-state index in [1.165, 1.54) is 70.6 Å². The zero-order valence-corrected chi connectivity index (χ0v) is 11.6. The molecule has 0 aliphatic carbocycles. The molecule has 0 aliphatic heterocycles. The van der Waals surface area contributed by atoms with Crippen LogP contribution in [0.1, 0.15) is 84.5 Å². The second-order valence-corrected chi connectivity index (χ2v) is 5.12. The van der Waals surface area contributed by atoms with Crippen molar-refractivity contribution in [3.63, 3.8) is 0 Å². The first-order valence-corrected chi connectivity index (χ1v) is 7.55. The van der Waals surface area contributed by atoms with Crippen molar-refractivity contribution in [2.75, 3.05) is 6.54 Å². The molecule has 16 heavy (non-hydrogen) atoms. The summed E-state index contributed by atoms with van der Waals surface area (Å²) in [6, 6.07) is 0. The van der Waals surface area contributed by atoms with Crippen LogP contribution in [0.4, 0.5) is 0 Å². The maximum atomic E-state index is 5.48. The maximum absolute atomic E-state index is 5.48. The standard InChI is InChI=1S/C15H33N/c1-3-5-9-12-15(4-2)13-10-7-6-8-11-14-16/h15H,3-14,16H2,1-2H3. The molecule has 0 aromatic rings. The predicted octanol–water partition coefficient (Wildman–Crippen LogP) is 4.89. The van der Waals surface area contributed by atoms with E-state index in [9.17, 15) is 0 Å². The van der Waals surface area contributed by atoms with Crippen LogP contribution in [0.2, 0.25) is 0 Å². The van der Waals surface area contributed by atoms with Crippen molar-refractivity contribution in [3.8, 4) is 0 Å². The summed E-state index contributed by atoms with van der Waals surface area (Å²) in [6.45, 7) is 5.51. The van der Waals surface area contributed by atoms with E-state index < -0.39 is 0 Å². The highest BCUT2D eigenvalue weighted by molar-refractivity contribution is 4.58. The van der Waals surface area contributed by atoms with Gasteiger partial charge >= 0.3 is 0 Å². The Kier molecular flexibility index (Phi) is 13.0. The molecule has 0 aliphatic rings. The quantitative estimate of drug-likeness (QED) is 0.472. The highest BCUT2D eigenvalue weighted by Gasteiger charge is 2.05. The molecule has 0 spiro atoms. The lowest BCUT2D eigenvalue weighted by atomic mass is 9.92. The molecule has 0 aromatic carbocycles. The van der Waals surface area contributed by atoms with Crippen molar-refractivity contribution in [1.82, 2.24) is 0 Å². The van der Waals surface area contributed by atoms with E-state index >= 15 is 0 Å². The third kappa shape index (κ3) is 10.5. The summed E-state index contributed by atoms with van der Waals surface area (Å²) in [5.41, 5.74) is 5.48. The lowest BCUT2D eigenvalue weighted by Gasteiger charge is -2.14. The molecule has 1 nitrogen and oxygen atoms in total. The fourth-order valence-electron chi connectivity index (χ4n) is 2.34. The molecular weight excluding hydrogens is 194 g/mol. The van der Waals surface area contributed by atoms with E-state index in [1.54, 1.807) is 0 Å². The summed E-state index contributed by atoms with van der Waals surface area (Å²) in [6.07, 6.45) is 15.3. The van der Waals surface area contributed by atoms with E-state index in [2.05, 4.69) is 13.8 Å². The van der Waals surface area contributed by atoms with Crippen molar-refractivity contribution in [2.24, 2.45) is 11.7 Å². The number of hydrogen-bond acceptors (Lipinski definition) is 1.